The Morgan fingerprint density at radius 1 is 1.14 bits per heavy atom. The van der Waals surface area contributed by atoms with Gasteiger partial charge in [0.2, 0.25) is 0 Å². The van der Waals surface area contributed by atoms with Crippen LogP contribution in [0.2, 0.25) is 5.02 Å². The molecule has 2 aromatic rings. The minimum absolute atomic E-state index is 0.178. The fraction of sp³-hybridized carbons (Fsp3) is 0.263. The van der Waals surface area contributed by atoms with Crippen LogP contribution in [0.5, 0.6) is 0 Å². The number of aliphatic hydroxyl groups excluding tert-OH is 1. The first-order valence-electron chi connectivity index (χ1n) is 7.56. The summed E-state index contributed by atoms with van der Waals surface area (Å²) in [4.78, 5) is 2.22. The van der Waals surface area contributed by atoms with E-state index in [-0.39, 0.29) is 6.61 Å². The van der Waals surface area contributed by atoms with Crippen molar-refractivity contribution < 1.29 is 5.11 Å². The summed E-state index contributed by atoms with van der Waals surface area (Å²) in [5.74, 6) is 0. The van der Waals surface area contributed by atoms with Crippen LogP contribution in [0, 0.1) is 0 Å². The van der Waals surface area contributed by atoms with Gasteiger partial charge in [0.25, 0.3) is 0 Å². The zero-order valence-electron chi connectivity index (χ0n) is 12.9. The highest BCUT2D eigenvalue weighted by molar-refractivity contribution is 6.33. The highest BCUT2D eigenvalue weighted by atomic mass is 35.5. The Bertz CT molecular complexity index is 610. The standard InChI is InChI=1S/C19H22ClNO/c1-2-7-16-10-11-18(20)19(14-16)21(12-6-13-22)15-17-8-4-3-5-9-17/h2-5,7-11,14,22H,6,12-13,15H2,1H3. The zero-order valence-corrected chi connectivity index (χ0v) is 13.6. The van der Waals surface area contributed by atoms with Gasteiger partial charge in [-0.1, -0.05) is 60.2 Å². The summed E-state index contributed by atoms with van der Waals surface area (Å²) in [6.45, 7) is 3.73. The van der Waals surface area contributed by atoms with Gasteiger partial charge in [0.1, 0.15) is 0 Å². The quantitative estimate of drug-likeness (QED) is 0.796. The fourth-order valence-electron chi connectivity index (χ4n) is 2.42. The number of aliphatic hydroxyl groups is 1. The number of hydrogen-bond donors (Lipinski definition) is 1. The molecule has 22 heavy (non-hydrogen) atoms. The third kappa shape index (κ3) is 4.62. The summed E-state index contributed by atoms with van der Waals surface area (Å²) >= 11 is 6.41. The molecule has 2 aromatic carbocycles. The molecule has 0 saturated heterocycles. The molecule has 0 amide bonds. The Morgan fingerprint density at radius 2 is 1.91 bits per heavy atom. The van der Waals surface area contributed by atoms with Crippen molar-refractivity contribution in [1.82, 2.24) is 0 Å². The maximum atomic E-state index is 9.17. The van der Waals surface area contributed by atoms with Gasteiger partial charge >= 0.3 is 0 Å². The fourth-order valence-corrected chi connectivity index (χ4v) is 2.66. The van der Waals surface area contributed by atoms with E-state index in [1.54, 1.807) is 0 Å². The summed E-state index contributed by atoms with van der Waals surface area (Å²) < 4.78 is 0. The van der Waals surface area contributed by atoms with Gasteiger partial charge in [-0.2, -0.15) is 0 Å². The van der Waals surface area contributed by atoms with Gasteiger partial charge in [-0.25, -0.2) is 0 Å². The molecule has 0 radical (unpaired) electrons. The predicted octanol–water partition coefficient (Wildman–Crippen LogP) is 4.76. The Labute approximate surface area is 137 Å². The Balaban J connectivity index is 2.29. The van der Waals surface area contributed by atoms with Gasteiger partial charge in [0, 0.05) is 19.7 Å². The smallest absolute Gasteiger partial charge is 0.0640 e. The molecule has 0 aliphatic carbocycles. The van der Waals surface area contributed by atoms with E-state index in [9.17, 15) is 0 Å². The van der Waals surface area contributed by atoms with Crippen LogP contribution in [0.3, 0.4) is 0 Å². The molecule has 0 aromatic heterocycles. The van der Waals surface area contributed by atoms with E-state index in [1.807, 2.05) is 43.3 Å². The molecule has 0 aliphatic rings. The van der Waals surface area contributed by atoms with Gasteiger partial charge in [-0.05, 0) is 36.6 Å². The first-order chi connectivity index (χ1) is 10.7. The second-order valence-corrected chi connectivity index (χ2v) is 5.60. The maximum Gasteiger partial charge on any atom is 0.0640 e. The molecule has 0 heterocycles. The molecular formula is C19H22ClNO. The van der Waals surface area contributed by atoms with Gasteiger partial charge in [-0.3, -0.25) is 0 Å². The molecule has 0 aliphatic heterocycles. The lowest BCUT2D eigenvalue weighted by Crippen LogP contribution is -2.25. The predicted molar refractivity (Wildman–Crippen MR) is 95.4 cm³/mol. The topological polar surface area (TPSA) is 23.5 Å². The Kier molecular flexibility index (Phi) is 6.50. The van der Waals surface area contributed by atoms with Gasteiger partial charge in [0.05, 0.1) is 10.7 Å². The molecule has 0 unspecified atom stereocenters. The van der Waals surface area contributed by atoms with Crippen LogP contribution in [0.15, 0.2) is 54.6 Å². The number of nitrogens with zero attached hydrogens (tertiary/aromatic N) is 1. The van der Waals surface area contributed by atoms with Crippen LogP contribution in [0.25, 0.3) is 6.08 Å². The minimum Gasteiger partial charge on any atom is -0.396 e. The first kappa shape index (κ1) is 16.6. The average molecular weight is 316 g/mol. The molecule has 3 heteroatoms. The van der Waals surface area contributed by atoms with Crippen molar-refractivity contribution in [3.63, 3.8) is 0 Å². The number of halogens is 1. The largest absolute Gasteiger partial charge is 0.396 e. The molecule has 1 N–H and O–H groups in total. The lowest BCUT2D eigenvalue weighted by Gasteiger charge is -2.26. The molecule has 0 bridgehead atoms. The summed E-state index contributed by atoms with van der Waals surface area (Å²) in [7, 11) is 0. The highest BCUT2D eigenvalue weighted by Gasteiger charge is 2.11. The van der Waals surface area contributed by atoms with E-state index < -0.39 is 0 Å². The second-order valence-electron chi connectivity index (χ2n) is 5.20. The van der Waals surface area contributed by atoms with E-state index in [1.165, 1.54) is 5.56 Å². The van der Waals surface area contributed by atoms with Crippen molar-refractivity contribution in [2.45, 2.75) is 19.9 Å². The van der Waals surface area contributed by atoms with Crippen molar-refractivity contribution in [3.8, 4) is 0 Å². The third-order valence-electron chi connectivity index (χ3n) is 3.47. The third-order valence-corrected chi connectivity index (χ3v) is 3.79. The van der Waals surface area contributed by atoms with Gasteiger partial charge in [0.15, 0.2) is 0 Å². The molecule has 116 valence electrons. The van der Waals surface area contributed by atoms with Crippen molar-refractivity contribution in [2.24, 2.45) is 0 Å². The summed E-state index contributed by atoms with van der Waals surface area (Å²) in [5.41, 5.74) is 3.37. The monoisotopic (exact) mass is 315 g/mol. The zero-order chi connectivity index (χ0) is 15.8. The molecule has 0 atom stereocenters. The van der Waals surface area contributed by atoms with E-state index in [0.29, 0.717) is 0 Å². The van der Waals surface area contributed by atoms with Crippen LogP contribution in [-0.2, 0) is 6.54 Å². The Morgan fingerprint density at radius 3 is 2.59 bits per heavy atom. The highest BCUT2D eigenvalue weighted by Crippen LogP contribution is 2.29. The van der Waals surface area contributed by atoms with Gasteiger partial charge in [-0.15, -0.1) is 0 Å². The lowest BCUT2D eigenvalue weighted by molar-refractivity contribution is 0.289. The number of anilines is 1. The molecular weight excluding hydrogens is 294 g/mol. The van der Waals surface area contributed by atoms with Crippen molar-refractivity contribution >= 4 is 23.4 Å². The average Bonchev–Trinajstić information content (AvgIpc) is 2.54. The molecule has 0 spiro atoms. The lowest BCUT2D eigenvalue weighted by atomic mass is 10.1. The normalized spacial score (nSPS) is 11.0. The minimum atomic E-state index is 0.178. The maximum absolute atomic E-state index is 9.17. The van der Waals surface area contributed by atoms with Crippen LogP contribution < -0.4 is 4.90 Å². The van der Waals surface area contributed by atoms with Crippen LogP contribution >= 0.6 is 11.6 Å². The van der Waals surface area contributed by atoms with E-state index in [0.717, 1.165) is 35.8 Å². The van der Waals surface area contributed by atoms with Crippen LogP contribution in [0.1, 0.15) is 24.5 Å². The van der Waals surface area contributed by atoms with Gasteiger partial charge < -0.3 is 10.0 Å². The number of benzene rings is 2. The van der Waals surface area contributed by atoms with Crippen LogP contribution in [-0.4, -0.2) is 18.3 Å². The molecule has 2 nitrogen and oxygen atoms in total. The van der Waals surface area contributed by atoms with E-state index >= 15 is 0 Å². The summed E-state index contributed by atoms with van der Waals surface area (Å²) in [6.07, 6.45) is 4.80. The Hall–Kier alpha value is -1.77. The SMILES string of the molecule is CC=Cc1ccc(Cl)c(N(CCCO)Cc2ccccc2)c1. The summed E-state index contributed by atoms with van der Waals surface area (Å²) in [5, 5.41) is 9.90. The first-order valence-corrected chi connectivity index (χ1v) is 7.94. The van der Waals surface area contributed by atoms with Crippen molar-refractivity contribution in [2.75, 3.05) is 18.1 Å². The number of hydrogen-bond acceptors (Lipinski definition) is 2. The van der Waals surface area contributed by atoms with E-state index in [4.69, 9.17) is 16.7 Å². The number of rotatable bonds is 7. The molecule has 0 saturated carbocycles. The molecule has 0 fully saturated rings. The second kappa shape index (κ2) is 8.62. The summed E-state index contributed by atoms with van der Waals surface area (Å²) in [6, 6.07) is 16.4. The van der Waals surface area contributed by atoms with Crippen molar-refractivity contribution in [1.29, 1.82) is 0 Å². The van der Waals surface area contributed by atoms with Crippen molar-refractivity contribution in [3.05, 3.63) is 70.8 Å². The molecule has 2 rings (SSSR count). The van der Waals surface area contributed by atoms with E-state index in [2.05, 4.69) is 29.2 Å². The number of allylic oxidation sites excluding steroid dienone is 1. The van der Waals surface area contributed by atoms with Crippen LogP contribution in [0.4, 0.5) is 5.69 Å².